The maximum Gasteiger partial charge on any atom is 0.312 e. The third kappa shape index (κ3) is 4.94. The lowest BCUT2D eigenvalue weighted by atomic mass is 10.0. The molecule has 0 spiro atoms. The van der Waals surface area contributed by atoms with Crippen LogP contribution in [0.3, 0.4) is 0 Å². The van der Waals surface area contributed by atoms with Crippen molar-refractivity contribution in [1.29, 1.82) is 0 Å². The zero-order valence-corrected chi connectivity index (χ0v) is 9.43. The maximum atomic E-state index is 11.6. The Balaban J connectivity index is 4.43. The molecule has 0 saturated carbocycles. The minimum Gasteiger partial charge on any atom is -0.394 e. The average molecular weight is 233 g/mol. The summed E-state index contributed by atoms with van der Waals surface area (Å²) in [6.07, 6.45) is 0. The number of nitrogens with two attached hydrogens (primary N) is 1. The summed E-state index contributed by atoms with van der Waals surface area (Å²) in [5, 5.41) is 22.3. The second-order valence-corrected chi connectivity index (χ2v) is 3.80. The van der Waals surface area contributed by atoms with Crippen molar-refractivity contribution < 1.29 is 19.8 Å². The van der Waals surface area contributed by atoms with Gasteiger partial charge >= 0.3 is 6.03 Å². The molecule has 0 aliphatic carbocycles. The van der Waals surface area contributed by atoms with E-state index in [1.54, 1.807) is 13.8 Å². The Morgan fingerprint density at radius 2 is 1.69 bits per heavy atom. The molecule has 0 aliphatic heterocycles. The van der Waals surface area contributed by atoms with E-state index in [1.807, 2.05) is 0 Å². The first-order valence-electron chi connectivity index (χ1n) is 5.00. The molecule has 16 heavy (non-hydrogen) atoms. The van der Waals surface area contributed by atoms with Crippen LogP contribution in [0.15, 0.2) is 0 Å². The highest BCUT2D eigenvalue weighted by Crippen LogP contribution is 2.01. The molecule has 0 bridgehead atoms. The van der Waals surface area contributed by atoms with E-state index in [4.69, 9.17) is 15.9 Å². The van der Waals surface area contributed by atoms with Gasteiger partial charge in [0.05, 0.1) is 19.3 Å². The van der Waals surface area contributed by atoms with Crippen LogP contribution >= 0.6 is 0 Å². The number of urea groups is 1. The standard InChI is InChI=1S/C9H19N3O4/c1-5(2)7(12-9(10)16)8(15)11-6(3-13)4-14/h5-7,13-14H,3-4H2,1-2H3,(H,11,15)(H3,10,12,16). The fourth-order valence-electron chi connectivity index (χ4n) is 1.13. The lowest BCUT2D eigenvalue weighted by molar-refractivity contribution is -0.125. The lowest BCUT2D eigenvalue weighted by Crippen LogP contribution is -2.54. The quantitative estimate of drug-likeness (QED) is 0.369. The van der Waals surface area contributed by atoms with Crippen LogP contribution in [0.25, 0.3) is 0 Å². The van der Waals surface area contributed by atoms with Crippen LogP contribution in [-0.4, -0.2) is 47.4 Å². The van der Waals surface area contributed by atoms with Crippen LogP contribution in [0.5, 0.6) is 0 Å². The molecule has 0 radical (unpaired) electrons. The molecule has 1 unspecified atom stereocenters. The topological polar surface area (TPSA) is 125 Å². The number of aliphatic hydroxyl groups excluding tert-OH is 2. The molecule has 0 fully saturated rings. The second kappa shape index (κ2) is 7.02. The van der Waals surface area contributed by atoms with Gasteiger partial charge in [0.1, 0.15) is 6.04 Å². The molecule has 0 rings (SSSR count). The van der Waals surface area contributed by atoms with Gasteiger partial charge in [-0.05, 0) is 5.92 Å². The summed E-state index contributed by atoms with van der Waals surface area (Å²) < 4.78 is 0. The molecule has 7 heteroatoms. The average Bonchev–Trinajstić information content (AvgIpc) is 2.21. The molecule has 6 N–H and O–H groups in total. The van der Waals surface area contributed by atoms with Crippen molar-refractivity contribution in [3.63, 3.8) is 0 Å². The van der Waals surface area contributed by atoms with E-state index < -0.39 is 24.0 Å². The highest BCUT2D eigenvalue weighted by molar-refractivity contribution is 5.86. The van der Waals surface area contributed by atoms with Crippen molar-refractivity contribution in [1.82, 2.24) is 10.6 Å². The van der Waals surface area contributed by atoms with E-state index in [1.165, 1.54) is 0 Å². The van der Waals surface area contributed by atoms with Gasteiger partial charge in [-0.15, -0.1) is 0 Å². The minimum absolute atomic E-state index is 0.148. The summed E-state index contributed by atoms with van der Waals surface area (Å²) in [6, 6.07) is -2.31. The van der Waals surface area contributed by atoms with Crippen LogP contribution < -0.4 is 16.4 Å². The normalized spacial score (nSPS) is 12.6. The van der Waals surface area contributed by atoms with Gasteiger partial charge in [-0.25, -0.2) is 4.79 Å². The van der Waals surface area contributed by atoms with E-state index in [9.17, 15) is 9.59 Å². The largest absolute Gasteiger partial charge is 0.394 e. The third-order valence-electron chi connectivity index (χ3n) is 2.03. The molecule has 94 valence electrons. The number of aliphatic hydroxyl groups is 2. The second-order valence-electron chi connectivity index (χ2n) is 3.80. The predicted octanol–water partition coefficient (Wildman–Crippen LogP) is -1.85. The van der Waals surface area contributed by atoms with Crippen molar-refractivity contribution in [2.75, 3.05) is 13.2 Å². The van der Waals surface area contributed by atoms with Crippen molar-refractivity contribution >= 4 is 11.9 Å². The summed E-state index contributed by atoms with van der Waals surface area (Å²) in [7, 11) is 0. The van der Waals surface area contributed by atoms with Crippen LogP contribution in [0.1, 0.15) is 13.8 Å². The molecule has 3 amide bonds. The van der Waals surface area contributed by atoms with Crippen LogP contribution in [0.4, 0.5) is 4.79 Å². The number of hydrogen-bond donors (Lipinski definition) is 5. The predicted molar refractivity (Wildman–Crippen MR) is 57.4 cm³/mol. The molecule has 0 aromatic rings. The van der Waals surface area contributed by atoms with E-state index in [-0.39, 0.29) is 19.1 Å². The first kappa shape index (κ1) is 14.7. The van der Waals surface area contributed by atoms with Gasteiger partial charge in [-0.3, -0.25) is 4.79 Å². The van der Waals surface area contributed by atoms with Crippen molar-refractivity contribution in [3.05, 3.63) is 0 Å². The van der Waals surface area contributed by atoms with Crippen molar-refractivity contribution in [3.8, 4) is 0 Å². The highest BCUT2D eigenvalue weighted by Gasteiger charge is 2.24. The Bertz CT molecular complexity index is 241. The Labute approximate surface area is 94.0 Å². The first-order valence-corrected chi connectivity index (χ1v) is 5.00. The summed E-state index contributed by atoms with van der Waals surface area (Å²) >= 11 is 0. The highest BCUT2D eigenvalue weighted by atomic mass is 16.3. The maximum absolute atomic E-state index is 11.6. The zero-order valence-electron chi connectivity index (χ0n) is 9.43. The zero-order chi connectivity index (χ0) is 12.7. The summed E-state index contributed by atoms with van der Waals surface area (Å²) in [5.74, 6) is -0.632. The van der Waals surface area contributed by atoms with Gasteiger partial charge in [-0.1, -0.05) is 13.8 Å². The molecule has 0 aromatic carbocycles. The molecule has 1 atom stereocenters. The van der Waals surface area contributed by atoms with Crippen LogP contribution in [0, 0.1) is 5.92 Å². The van der Waals surface area contributed by atoms with Crippen LogP contribution in [0.2, 0.25) is 0 Å². The number of nitrogens with one attached hydrogen (secondary N) is 2. The molecular formula is C9H19N3O4. The smallest absolute Gasteiger partial charge is 0.312 e. The lowest BCUT2D eigenvalue weighted by Gasteiger charge is -2.23. The molecular weight excluding hydrogens is 214 g/mol. The number of carbonyl (C=O) groups excluding carboxylic acids is 2. The van der Waals surface area contributed by atoms with Crippen LogP contribution in [-0.2, 0) is 4.79 Å². The number of hydrogen-bond acceptors (Lipinski definition) is 4. The molecule has 0 heterocycles. The summed E-state index contributed by atoms with van der Waals surface area (Å²) in [5.41, 5.74) is 4.94. The number of amides is 3. The fraction of sp³-hybridized carbons (Fsp3) is 0.778. The van der Waals surface area contributed by atoms with Gasteiger partial charge in [0.25, 0.3) is 0 Å². The fourth-order valence-corrected chi connectivity index (χ4v) is 1.13. The SMILES string of the molecule is CC(C)C(NC(N)=O)C(=O)NC(CO)CO. The van der Waals surface area contributed by atoms with Gasteiger partial charge in [-0.2, -0.15) is 0 Å². The van der Waals surface area contributed by atoms with E-state index in [2.05, 4.69) is 10.6 Å². The number of rotatable bonds is 6. The van der Waals surface area contributed by atoms with E-state index in [0.717, 1.165) is 0 Å². The minimum atomic E-state index is -0.793. The van der Waals surface area contributed by atoms with Gasteiger partial charge in [0, 0.05) is 0 Å². The molecule has 0 aromatic heterocycles. The van der Waals surface area contributed by atoms with E-state index >= 15 is 0 Å². The Hall–Kier alpha value is -1.34. The number of primary amides is 1. The van der Waals surface area contributed by atoms with Crippen molar-refractivity contribution in [2.24, 2.45) is 11.7 Å². The Morgan fingerprint density at radius 1 is 1.19 bits per heavy atom. The monoisotopic (exact) mass is 233 g/mol. The third-order valence-corrected chi connectivity index (χ3v) is 2.03. The van der Waals surface area contributed by atoms with Gasteiger partial charge in [0.15, 0.2) is 0 Å². The summed E-state index contributed by atoms with van der Waals surface area (Å²) in [6.45, 7) is 2.74. The van der Waals surface area contributed by atoms with E-state index in [0.29, 0.717) is 0 Å². The number of carbonyl (C=O) groups is 2. The molecule has 0 aliphatic rings. The van der Waals surface area contributed by atoms with Gasteiger partial charge in [0.2, 0.25) is 5.91 Å². The van der Waals surface area contributed by atoms with Gasteiger partial charge < -0.3 is 26.6 Å². The molecule has 7 nitrogen and oxygen atoms in total. The summed E-state index contributed by atoms with van der Waals surface area (Å²) in [4.78, 5) is 22.3. The molecule has 0 saturated heterocycles. The first-order chi connectivity index (χ1) is 7.42. The Morgan fingerprint density at radius 3 is 2.00 bits per heavy atom. The van der Waals surface area contributed by atoms with Crippen molar-refractivity contribution in [2.45, 2.75) is 25.9 Å². The Kier molecular flexibility index (Phi) is 6.43.